The van der Waals surface area contributed by atoms with Crippen LogP contribution >= 0.6 is 0 Å². The third-order valence-electron chi connectivity index (χ3n) is 2.64. The highest BCUT2D eigenvalue weighted by Crippen LogP contribution is 2.13. The fraction of sp³-hybridized carbons (Fsp3) is 0.467. The molecule has 0 aliphatic carbocycles. The minimum absolute atomic E-state index is 0.00333. The van der Waals surface area contributed by atoms with Gasteiger partial charge in [0.15, 0.2) is 12.4 Å². The zero-order chi connectivity index (χ0) is 14.5. The fourth-order valence-corrected chi connectivity index (χ4v) is 1.35. The molecule has 1 N–H and O–H groups in total. The summed E-state index contributed by atoms with van der Waals surface area (Å²) in [5.74, 6) is 0.354. The number of hydrogen-bond acceptors (Lipinski definition) is 3. The van der Waals surface area contributed by atoms with Crippen LogP contribution in [0.15, 0.2) is 24.3 Å². The average Bonchev–Trinajstić information content (AvgIpc) is 2.32. The van der Waals surface area contributed by atoms with E-state index < -0.39 is 5.41 Å². The van der Waals surface area contributed by atoms with Crippen molar-refractivity contribution in [1.82, 2.24) is 5.32 Å². The van der Waals surface area contributed by atoms with Crippen LogP contribution in [0.1, 0.15) is 26.3 Å². The number of ether oxygens (including phenoxy) is 1. The molecule has 19 heavy (non-hydrogen) atoms. The van der Waals surface area contributed by atoms with Crippen LogP contribution in [-0.4, -0.2) is 24.8 Å². The molecule has 0 radical (unpaired) electrons. The van der Waals surface area contributed by atoms with Gasteiger partial charge in [-0.2, -0.15) is 0 Å². The maximum atomic E-state index is 11.6. The number of nitrogens with one attached hydrogen (secondary N) is 1. The van der Waals surface area contributed by atoms with Crippen molar-refractivity contribution in [2.45, 2.75) is 27.7 Å². The zero-order valence-electron chi connectivity index (χ0n) is 11.9. The summed E-state index contributed by atoms with van der Waals surface area (Å²) in [6, 6.07) is 7.47. The summed E-state index contributed by atoms with van der Waals surface area (Å²) < 4.78 is 5.34. The van der Waals surface area contributed by atoms with Gasteiger partial charge in [-0.1, -0.05) is 32.9 Å². The molecule has 0 spiro atoms. The first-order valence-electron chi connectivity index (χ1n) is 6.28. The fourth-order valence-electron chi connectivity index (χ4n) is 1.35. The SMILES string of the molecule is Cc1cccc(OCC(=O)NCC(=O)C(C)(C)C)c1. The van der Waals surface area contributed by atoms with Crippen LogP contribution in [0.3, 0.4) is 0 Å². The Hall–Kier alpha value is -1.84. The molecule has 104 valence electrons. The molecule has 4 nitrogen and oxygen atoms in total. The van der Waals surface area contributed by atoms with Gasteiger partial charge in [-0.25, -0.2) is 0 Å². The molecule has 0 bridgehead atoms. The second kappa shape index (κ2) is 6.36. The summed E-state index contributed by atoms with van der Waals surface area (Å²) in [4.78, 5) is 23.2. The highest BCUT2D eigenvalue weighted by Gasteiger charge is 2.21. The van der Waals surface area contributed by atoms with E-state index in [1.54, 1.807) is 6.07 Å². The summed E-state index contributed by atoms with van der Waals surface area (Å²) in [5.41, 5.74) is 0.630. The Morgan fingerprint density at radius 2 is 1.95 bits per heavy atom. The molecular weight excluding hydrogens is 242 g/mol. The number of ketones is 1. The lowest BCUT2D eigenvalue weighted by Gasteiger charge is -2.16. The number of carbonyl (C=O) groups excluding carboxylic acids is 2. The molecule has 0 aliphatic heterocycles. The third-order valence-corrected chi connectivity index (χ3v) is 2.64. The summed E-state index contributed by atoms with van der Waals surface area (Å²) >= 11 is 0. The molecule has 0 fully saturated rings. The lowest BCUT2D eigenvalue weighted by Crippen LogP contribution is -2.37. The van der Waals surface area contributed by atoms with Crippen LogP contribution in [0.2, 0.25) is 0 Å². The monoisotopic (exact) mass is 263 g/mol. The van der Waals surface area contributed by atoms with Crippen molar-refractivity contribution in [2.75, 3.05) is 13.2 Å². The molecule has 1 rings (SSSR count). The van der Waals surface area contributed by atoms with Gasteiger partial charge >= 0.3 is 0 Å². The normalized spacial score (nSPS) is 10.9. The van der Waals surface area contributed by atoms with E-state index in [9.17, 15) is 9.59 Å². The van der Waals surface area contributed by atoms with Crippen LogP contribution < -0.4 is 10.1 Å². The summed E-state index contributed by atoms with van der Waals surface area (Å²) in [6.45, 7) is 7.38. The topological polar surface area (TPSA) is 55.4 Å². The molecule has 0 saturated heterocycles. The third kappa shape index (κ3) is 5.55. The predicted octanol–water partition coefficient (Wildman–Crippen LogP) is 2.11. The van der Waals surface area contributed by atoms with Crippen LogP contribution in [-0.2, 0) is 9.59 Å². The number of aryl methyl sites for hydroxylation is 1. The lowest BCUT2D eigenvalue weighted by molar-refractivity contribution is -0.129. The number of rotatable bonds is 5. The lowest BCUT2D eigenvalue weighted by atomic mass is 9.91. The molecule has 1 aromatic carbocycles. The van der Waals surface area contributed by atoms with Gasteiger partial charge in [0.1, 0.15) is 5.75 Å². The minimum atomic E-state index is -0.440. The smallest absolute Gasteiger partial charge is 0.258 e. The highest BCUT2D eigenvalue weighted by atomic mass is 16.5. The number of amides is 1. The standard InChI is InChI=1S/C15H21NO3/c1-11-6-5-7-12(8-11)19-10-14(18)16-9-13(17)15(2,3)4/h5-8H,9-10H2,1-4H3,(H,16,18). The predicted molar refractivity (Wildman–Crippen MR) is 74.1 cm³/mol. The van der Waals surface area contributed by atoms with E-state index in [0.717, 1.165) is 5.56 Å². The molecule has 0 unspecified atom stereocenters. The second-order valence-corrected chi connectivity index (χ2v) is 5.56. The first-order valence-corrected chi connectivity index (χ1v) is 6.28. The first kappa shape index (κ1) is 15.2. The molecule has 0 atom stereocenters. The number of carbonyl (C=O) groups is 2. The quantitative estimate of drug-likeness (QED) is 0.885. The molecule has 0 heterocycles. The van der Waals surface area contributed by atoms with Crippen molar-refractivity contribution in [3.05, 3.63) is 29.8 Å². The Morgan fingerprint density at radius 1 is 1.26 bits per heavy atom. The van der Waals surface area contributed by atoms with Gasteiger partial charge < -0.3 is 10.1 Å². The molecule has 0 aliphatic rings. The van der Waals surface area contributed by atoms with Crippen LogP contribution in [0.5, 0.6) is 5.75 Å². The van der Waals surface area contributed by atoms with Crippen molar-refractivity contribution in [1.29, 1.82) is 0 Å². The van der Waals surface area contributed by atoms with Crippen molar-refractivity contribution >= 4 is 11.7 Å². The zero-order valence-corrected chi connectivity index (χ0v) is 11.9. The van der Waals surface area contributed by atoms with Crippen LogP contribution in [0.25, 0.3) is 0 Å². The van der Waals surface area contributed by atoms with Crippen LogP contribution in [0, 0.1) is 12.3 Å². The van der Waals surface area contributed by atoms with Gasteiger partial charge in [0.05, 0.1) is 6.54 Å². The number of hydrogen-bond donors (Lipinski definition) is 1. The van der Waals surface area contributed by atoms with Crippen LogP contribution in [0.4, 0.5) is 0 Å². The maximum absolute atomic E-state index is 11.6. The second-order valence-electron chi connectivity index (χ2n) is 5.56. The van der Waals surface area contributed by atoms with E-state index >= 15 is 0 Å². The Kier molecular flexibility index (Phi) is 5.10. The highest BCUT2D eigenvalue weighted by molar-refractivity contribution is 5.89. The molecular formula is C15H21NO3. The van der Waals surface area contributed by atoms with E-state index in [1.165, 1.54) is 0 Å². The van der Waals surface area contributed by atoms with Gasteiger partial charge in [-0.05, 0) is 24.6 Å². The van der Waals surface area contributed by atoms with Gasteiger partial charge in [-0.15, -0.1) is 0 Å². The largest absolute Gasteiger partial charge is 0.484 e. The Labute approximate surface area is 114 Å². The van der Waals surface area contributed by atoms with E-state index in [-0.39, 0.29) is 24.8 Å². The summed E-state index contributed by atoms with van der Waals surface area (Å²) in [7, 11) is 0. The number of Topliss-reactive ketones (excluding diaryl/α,β-unsaturated/α-hetero) is 1. The van der Waals surface area contributed by atoms with Crippen molar-refractivity contribution in [3.63, 3.8) is 0 Å². The first-order chi connectivity index (χ1) is 8.79. The Balaban J connectivity index is 2.35. The summed E-state index contributed by atoms with van der Waals surface area (Å²) in [6.07, 6.45) is 0. The molecule has 1 aromatic rings. The van der Waals surface area contributed by atoms with Crippen molar-refractivity contribution < 1.29 is 14.3 Å². The van der Waals surface area contributed by atoms with E-state index in [2.05, 4.69) is 5.32 Å². The Bertz CT molecular complexity index is 461. The van der Waals surface area contributed by atoms with Gasteiger partial charge in [0.25, 0.3) is 5.91 Å². The molecule has 4 heteroatoms. The number of benzene rings is 1. The van der Waals surface area contributed by atoms with E-state index in [0.29, 0.717) is 5.75 Å². The van der Waals surface area contributed by atoms with E-state index in [4.69, 9.17) is 4.74 Å². The van der Waals surface area contributed by atoms with Crippen molar-refractivity contribution in [3.8, 4) is 5.75 Å². The molecule has 0 aromatic heterocycles. The van der Waals surface area contributed by atoms with Gasteiger partial charge in [0, 0.05) is 5.41 Å². The molecule has 0 saturated carbocycles. The Morgan fingerprint density at radius 3 is 2.53 bits per heavy atom. The summed E-state index contributed by atoms with van der Waals surface area (Å²) in [5, 5.41) is 2.56. The molecule has 1 amide bonds. The van der Waals surface area contributed by atoms with E-state index in [1.807, 2.05) is 45.9 Å². The van der Waals surface area contributed by atoms with Crippen molar-refractivity contribution in [2.24, 2.45) is 5.41 Å². The maximum Gasteiger partial charge on any atom is 0.258 e. The van der Waals surface area contributed by atoms with Gasteiger partial charge in [-0.3, -0.25) is 9.59 Å². The minimum Gasteiger partial charge on any atom is -0.484 e. The average molecular weight is 263 g/mol. The van der Waals surface area contributed by atoms with Gasteiger partial charge in [0.2, 0.25) is 0 Å².